The molecule has 3 unspecified atom stereocenters. The molecule has 1 saturated heterocycles. The van der Waals surface area contributed by atoms with Gasteiger partial charge < -0.3 is 5.73 Å². The van der Waals surface area contributed by atoms with E-state index >= 15 is 0 Å². The van der Waals surface area contributed by atoms with E-state index in [2.05, 4.69) is 29.8 Å². The van der Waals surface area contributed by atoms with Crippen LogP contribution in [0, 0.1) is 5.92 Å². The van der Waals surface area contributed by atoms with Crippen molar-refractivity contribution in [1.82, 2.24) is 9.88 Å². The first-order valence-corrected chi connectivity index (χ1v) is 5.58. The van der Waals surface area contributed by atoms with E-state index in [4.69, 9.17) is 5.73 Å². The second-order valence-corrected chi connectivity index (χ2v) is 4.56. The molecular formula is C12H20ClN3. The molecule has 3 nitrogen and oxygen atoms in total. The zero-order valence-electron chi connectivity index (χ0n) is 9.84. The fraction of sp³-hybridized carbons (Fsp3) is 0.583. The Balaban J connectivity index is 0.00000128. The van der Waals surface area contributed by atoms with Gasteiger partial charge in [0, 0.05) is 37.6 Å². The Morgan fingerprint density at radius 3 is 2.75 bits per heavy atom. The van der Waals surface area contributed by atoms with Crippen LogP contribution in [0.1, 0.15) is 25.5 Å². The largest absolute Gasteiger partial charge is 0.326 e. The summed E-state index contributed by atoms with van der Waals surface area (Å²) in [5.74, 6) is 0.601. The van der Waals surface area contributed by atoms with Crippen LogP contribution < -0.4 is 5.73 Å². The van der Waals surface area contributed by atoms with Gasteiger partial charge in [0.15, 0.2) is 0 Å². The number of nitrogens with zero attached hydrogens (tertiary/aromatic N) is 2. The predicted octanol–water partition coefficient (Wildman–Crippen LogP) is 1.84. The van der Waals surface area contributed by atoms with Crippen LogP contribution in [0.5, 0.6) is 0 Å². The number of halogens is 1. The molecule has 16 heavy (non-hydrogen) atoms. The highest BCUT2D eigenvalue weighted by atomic mass is 35.5. The van der Waals surface area contributed by atoms with Crippen molar-refractivity contribution in [3.8, 4) is 0 Å². The topological polar surface area (TPSA) is 42.2 Å². The number of hydrogen-bond acceptors (Lipinski definition) is 3. The number of likely N-dealkylation sites (tertiary alicyclic amines) is 1. The molecule has 0 saturated carbocycles. The number of aromatic nitrogens is 1. The monoisotopic (exact) mass is 241 g/mol. The molecule has 4 heteroatoms. The summed E-state index contributed by atoms with van der Waals surface area (Å²) in [5.41, 5.74) is 7.30. The number of rotatable bonds is 2. The minimum Gasteiger partial charge on any atom is -0.326 e. The summed E-state index contributed by atoms with van der Waals surface area (Å²) in [6.45, 7) is 6.54. The molecule has 1 aliphatic rings. The third-order valence-corrected chi connectivity index (χ3v) is 3.41. The van der Waals surface area contributed by atoms with Crippen LogP contribution >= 0.6 is 12.4 Å². The van der Waals surface area contributed by atoms with Crippen molar-refractivity contribution < 1.29 is 0 Å². The summed E-state index contributed by atoms with van der Waals surface area (Å²) in [7, 11) is 0. The first-order valence-electron chi connectivity index (χ1n) is 5.58. The van der Waals surface area contributed by atoms with Crippen molar-refractivity contribution in [2.24, 2.45) is 11.7 Å². The van der Waals surface area contributed by atoms with E-state index in [1.165, 1.54) is 5.56 Å². The van der Waals surface area contributed by atoms with Gasteiger partial charge in [-0.05, 0) is 24.5 Å². The summed E-state index contributed by atoms with van der Waals surface area (Å²) in [4.78, 5) is 6.59. The summed E-state index contributed by atoms with van der Waals surface area (Å²) < 4.78 is 0. The lowest BCUT2D eigenvalue weighted by molar-refractivity contribution is 0.253. The Hall–Kier alpha value is -0.640. The summed E-state index contributed by atoms with van der Waals surface area (Å²) in [5, 5.41) is 0. The van der Waals surface area contributed by atoms with Gasteiger partial charge in [0.1, 0.15) is 0 Å². The fourth-order valence-electron chi connectivity index (χ4n) is 2.18. The maximum absolute atomic E-state index is 6.03. The van der Waals surface area contributed by atoms with Crippen LogP contribution in [0.3, 0.4) is 0 Å². The van der Waals surface area contributed by atoms with Gasteiger partial charge in [0.2, 0.25) is 0 Å². The van der Waals surface area contributed by atoms with Gasteiger partial charge in [-0.25, -0.2) is 0 Å². The van der Waals surface area contributed by atoms with Crippen LogP contribution in [0.15, 0.2) is 24.5 Å². The average Bonchev–Trinajstić information content (AvgIpc) is 2.59. The highest BCUT2D eigenvalue weighted by Gasteiger charge is 2.29. The number of hydrogen-bond donors (Lipinski definition) is 1. The quantitative estimate of drug-likeness (QED) is 0.859. The molecule has 1 aliphatic heterocycles. The smallest absolute Gasteiger partial charge is 0.0335 e. The Bertz CT molecular complexity index is 307. The van der Waals surface area contributed by atoms with Gasteiger partial charge in [-0.15, -0.1) is 12.4 Å². The van der Waals surface area contributed by atoms with Crippen molar-refractivity contribution >= 4 is 12.4 Å². The van der Waals surface area contributed by atoms with E-state index in [9.17, 15) is 0 Å². The van der Waals surface area contributed by atoms with Crippen LogP contribution in [-0.4, -0.2) is 29.0 Å². The van der Waals surface area contributed by atoms with E-state index < -0.39 is 0 Å². The zero-order valence-corrected chi connectivity index (χ0v) is 10.7. The molecule has 0 radical (unpaired) electrons. The second kappa shape index (κ2) is 5.62. The van der Waals surface area contributed by atoms with Crippen LogP contribution in [-0.2, 0) is 0 Å². The molecule has 2 N–H and O–H groups in total. The van der Waals surface area contributed by atoms with Gasteiger partial charge in [-0.2, -0.15) is 0 Å². The number of nitrogens with two attached hydrogens (primary N) is 1. The van der Waals surface area contributed by atoms with Gasteiger partial charge in [-0.1, -0.05) is 13.0 Å². The minimum atomic E-state index is 0. The van der Waals surface area contributed by atoms with E-state index in [0.29, 0.717) is 18.0 Å². The third kappa shape index (κ3) is 2.73. The summed E-state index contributed by atoms with van der Waals surface area (Å²) in [6.07, 6.45) is 3.76. The molecule has 2 heterocycles. The van der Waals surface area contributed by atoms with E-state index in [0.717, 1.165) is 13.1 Å². The molecule has 0 bridgehead atoms. The van der Waals surface area contributed by atoms with E-state index in [1.54, 1.807) is 0 Å². The van der Waals surface area contributed by atoms with Gasteiger partial charge in [0.05, 0.1) is 0 Å². The number of pyridine rings is 1. The van der Waals surface area contributed by atoms with Crippen LogP contribution in [0.4, 0.5) is 0 Å². The maximum atomic E-state index is 6.03. The summed E-state index contributed by atoms with van der Waals surface area (Å²) in [6, 6.07) is 4.87. The van der Waals surface area contributed by atoms with Gasteiger partial charge in [-0.3, -0.25) is 9.88 Å². The zero-order chi connectivity index (χ0) is 10.8. The molecule has 1 fully saturated rings. The lowest BCUT2D eigenvalue weighted by Gasteiger charge is -2.24. The first-order chi connectivity index (χ1) is 7.18. The third-order valence-electron chi connectivity index (χ3n) is 3.41. The van der Waals surface area contributed by atoms with Crippen LogP contribution in [0.2, 0.25) is 0 Å². The highest BCUT2D eigenvalue weighted by Crippen LogP contribution is 2.25. The second-order valence-electron chi connectivity index (χ2n) is 4.56. The van der Waals surface area contributed by atoms with Crippen molar-refractivity contribution in [1.29, 1.82) is 0 Å². The molecule has 2 rings (SSSR count). The molecule has 1 aromatic heterocycles. The SMILES string of the molecule is CC1CN(C(C)c2cccnc2)CC1N.Cl. The van der Waals surface area contributed by atoms with Crippen molar-refractivity contribution in [2.45, 2.75) is 25.9 Å². The standard InChI is InChI=1S/C12H19N3.ClH/c1-9-7-15(8-12(9)13)10(2)11-4-3-5-14-6-11;/h3-6,9-10,12H,7-8,13H2,1-2H3;1H. The van der Waals surface area contributed by atoms with Gasteiger partial charge in [0.25, 0.3) is 0 Å². The molecule has 0 spiro atoms. The van der Waals surface area contributed by atoms with E-state index in [-0.39, 0.29) is 12.4 Å². The van der Waals surface area contributed by atoms with E-state index in [1.807, 2.05) is 18.5 Å². The Kier molecular flexibility index (Phi) is 4.71. The Labute approximate surface area is 103 Å². The van der Waals surface area contributed by atoms with Crippen molar-refractivity contribution in [3.63, 3.8) is 0 Å². The molecule has 0 aromatic carbocycles. The molecule has 1 aromatic rings. The van der Waals surface area contributed by atoms with Gasteiger partial charge >= 0.3 is 0 Å². The summed E-state index contributed by atoms with van der Waals surface area (Å²) >= 11 is 0. The highest BCUT2D eigenvalue weighted by molar-refractivity contribution is 5.85. The van der Waals surface area contributed by atoms with Crippen LogP contribution in [0.25, 0.3) is 0 Å². The molecular weight excluding hydrogens is 222 g/mol. The lowest BCUT2D eigenvalue weighted by atomic mass is 10.1. The minimum absolute atomic E-state index is 0. The fourth-order valence-corrected chi connectivity index (χ4v) is 2.18. The lowest BCUT2D eigenvalue weighted by Crippen LogP contribution is -2.29. The molecule has 3 atom stereocenters. The molecule has 90 valence electrons. The Morgan fingerprint density at radius 1 is 1.50 bits per heavy atom. The predicted molar refractivity (Wildman–Crippen MR) is 68.6 cm³/mol. The Morgan fingerprint density at radius 2 is 2.25 bits per heavy atom. The maximum Gasteiger partial charge on any atom is 0.0335 e. The molecule has 0 amide bonds. The molecule has 0 aliphatic carbocycles. The first kappa shape index (κ1) is 13.4. The normalized spacial score (nSPS) is 27.4. The van der Waals surface area contributed by atoms with Crippen molar-refractivity contribution in [2.75, 3.05) is 13.1 Å². The average molecular weight is 242 g/mol. The van der Waals surface area contributed by atoms with Crippen molar-refractivity contribution in [3.05, 3.63) is 30.1 Å².